The third-order valence-electron chi connectivity index (χ3n) is 4.08. The minimum atomic E-state index is -0.131. The van der Waals surface area contributed by atoms with Crippen molar-refractivity contribution in [2.45, 2.75) is 13.8 Å². The Kier molecular flexibility index (Phi) is 4.22. The van der Waals surface area contributed by atoms with E-state index in [-0.39, 0.29) is 5.56 Å². The van der Waals surface area contributed by atoms with Gasteiger partial charge < -0.3 is 0 Å². The maximum Gasteiger partial charge on any atom is 0.291 e. The number of hydrogen-bond donors (Lipinski definition) is 0. The molecule has 0 radical (unpaired) electrons. The number of benzene rings is 2. The Hall–Kier alpha value is -3.05. The van der Waals surface area contributed by atoms with Gasteiger partial charge in [0, 0.05) is 0 Å². The second-order valence-corrected chi connectivity index (χ2v) is 7.24. The highest BCUT2D eigenvalue weighted by Crippen LogP contribution is 2.09. The summed E-state index contributed by atoms with van der Waals surface area (Å²) in [7, 11) is 0. The molecule has 128 valence electrons. The third-order valence-corrected chi connectivity index (χ3v) is 5.03. The Balaban J connectivity index is 1.66. The Morgan fingerprint density at radius 2 is 1.50 bits per heavy atom. The Labute approximate surface area is 154 Å². The van der Waals surface area contributed by atoms with Crippen LogP contribution in [0.5, 0.6) is 0 Å². The summed E-state index contributed by atoms with van der Waals surface area (Å²) in [6.07, 6.45) is 5.65. The standard InChI is InChI=1S/C21H17N3OS/c1-14-3-7-16(8-4-14)11-12-19-22-21-24(23-19)20(25)18(26-21)13-17-9-5-15(2)6-10-17/h3-13H,1-2H3/b12-11+,18-13+. The molecule has 0 atom stereocenters. The highest BCUT2D eigenvalue weighted by Gasteiger charge is 2.08. The molecule has 0 spiro atoms. The molecule has 0 bridgehead atoms. The molecule has 5 heteroatoms. The van der Waals surface area contributed by atoms with E-state index in [0.717, 1.165) is 11.1 Å². The largest absolute Gasteiger partial charge is 0.291 e. The molecule has 0 aliphatic rings. The van der Waals surface area contributed by atoms with Gasteiger partial charge in [-0.3, -0.25) is 4.79 Å². The van der Waals surface area contributed by atoms with Crippen LogP contribution in [0.4, 0.5) is 0 Å². The summed E-state index contributed by atoms with van der Waals surface area (Å²) in [5.74, 6) is 0.538. The first-order chi connectivity index (χ1) is 12.6. The van der Waals surface area contributed by atoms with Crippen molar-refractivity contribution in [3.63, 3.8) is 0 Å². The molecule has 26 heavy (non-hydrogen) atoms. The van der Waals surface area contributed by atoms with E-state index in [2.05, 4.69) is 29.1 Å². The zero-order chi connectivity index (χ0) is 18.1. The van der Waals surface area contributed by atoms with E-state index in [1.54, 1.807) is 0 Å². The number of aryl methyl sites for hydroxylation is 2. The highest BCUT2D eigenvalue weighted by molar-refractivity contribution is 7.15. The van der Waals surface area contributed by atoms with Gasteiger partial charge in [0.1, 0.15) is 0 Å². The molecular formula is C21H17N3OS. The van der Waals surface area contributed by atoms with Crippen LogP contribution in [0.15, 0.2) is 53.3 Å². The van der Waals surface area contributed by atoms with Crippen LogP contribution in [-0.4, -0.2) is 14.6 Å². The molecule has 0 amide bonds. The van der Waals surface area contributed by atoms with E-state index >= 15 is 0 Å². The molecule has 0 saturated heterocycles. The summed E-state index contributed by atoms with van der Waals surface area (Å²) < 4.78 is 2.01. The monoisotopic (exact) mass is 359 g/mol. The quantitative estimate of drug-likeness (QED) is 0.563. The first kappa shape index (κ1) is 16.4. The average Bonchev–Trinajstić information content (AvgIpc) is 3.16. The molecule has 0 unspecified atom stereocenters. The molecule has 4 nitrogen and oxygen atoms in total. The van der Waals surface area contributed by atoms with Crippen LogP contribution in [0.25, 0.3) is 23.2 Å². The second-order valence-electron chi connectivity index (χ2n) is 6.23. The van der Waals surface area contributed by atoms with E-state index in [1.165, 1.54) is 27.0 Å². The molecular weight excluding hydrogens is 342 g/mol. The molecule has 0 aliphatic heterocycles. The lowest BCUT2D eigenvalue weighted by atomic mass is 10.1. The summed E-state index contributed by atoms with van der Waals surface area (Å²) in [6.45, 7) is 4.09. The first-order valence-electron chi connectivity index (χ1n) is 8.31. The predicted molar refractivity (Wildman–Crippen MR) is 107 cm³/mol. The van der Waals surface area contributed by atoms with E-state index < -0.39 is 0 Å². The summed E-state index contributed by atoms with van der Waals surface area (Å²) in [5.41, 5.74) is 4.35. The van der Waals surface area contributed by atoms with E-state index in [9.17, 15) is 4.79 Å². The van der Waals surface area contributed by atoms with Crippen LogP contribution < -0.4 is 10.1 Å². The van der Waals surface area contributed by atoms with Crippen LogP contribution in [0, 0.1) is 13.8 Å². The lowest BCUT2D eigenvalue weighted by Crippen LogP contribution is -2.23. The first-order valence-corrected chi connectivity index (χ1v) is 9.13. The fourth-order valence-corrected chi connectivity index (χ4v) is 3.50. The van der Waals surface area contributed by atoms with Gasteiger partial charge in [0.15, 0.2) is 5.82 Å². The summed E-state index contributed by atoms with van der Waals surface area (Å²) in [6, 6.07) is 16.3. The summed E-state index contributed by atoms with van der Waals surface area (Å²) in [4.78, 5) is 17.6. The van der Waals surface area contributed by atoms with Gasteiger partial charge in [-0.1, -0.05) is 77.1 Å². The number of nitrogens with zero attached hydrogens (tertiary/aromatic N) is 3. The molecule has 2 aromatic heterocycles. The van der Waals surface area contributed by atoms with Gasteiger partial charge in [0.05, 0.1) is 4.53 Å². The molecule has 0 aliphatic carbocycles. The van der Waals surface area contributed by atoms with Gasteiger partial charge in [0.25, 0.3) is 5.56 Å². The Morgan fingerprint density at radius 1 is 0.885 bits per heavy atom. The van der Waals surface area contributed by atoms with Crippen LogP contribution in [0.2, 0.25) is 0 Å². The van der Waals surface area contributed by atoms with Crippen molar-refractivity contribution < 1.29 is 0 Å². The van der Waals surface area contributed by atoms with Crippen molar-refractivity contribution in [1.29, 1.82) is 0 Å². The van der Waals surface area contributed by atoms with E-state index in [0.29, 0.717) is 15.3 Å². The van der Waals surface area contributed by atoms with Crippen molar-refractivity contribution >= 4 is 34.5 Å². The summed E-state index contributed by atoms with van der Waals surface area (Å²) >= 11 is 1.35. The molecule has 0 fully saturated rings. The maximum atomic E-state index is 12.5. The van der Waals surface area contributed by atoms with Crippen molar-refractivity contribution in [2.24, 2.45) is 0 Å². The lowest BCUT2D eigenvalue weighted by molar-refractivity contribution is 0.925. The van der Waals surface area contributed by atoms with Crippen LogP contribution in [0.3, 0.4) is 0 Å². The van der Waals surface area contributed by atoms with Crippen LogP contribution in [0.1, 0.15) is 28.1 Å². The van der Waals surface area contributed by atoms with Gasteiger partial charge in [-0.2, -0.15) is 9.50 Å². The van der Waals surface area contributed by atoms with Gasteiger partial charge in [-0.05, 0) is 37.1 Å². The molecule has 0 N–H and O–H groups in total. The third kappa shape index (κ3) is 3.34. The Bertz CT molecular complexity index is 1200. The van der Waals surface area contributed by atoms with Crippen LogP contribution >= 0.6 is 11.3 Å². The number of aromatic nitrogens is 3. The van der Waals surface area contributed by atoms with E-state index in [1.807, 2.05) is 61.5 Å². The van der Waals surface area contributed by atoms with Gasteiger partial charge >= 0.3 is 0 Å². The Morgan fingerprint density at radius 3 is 2.12 bits per heavy atom. The maximum absolute atomic E-state index is 12.5. The van der Waals surface area contributed by atoms with Crippen LogP contribution in [-0.2, 0) is 0 Å². The SMILES string of the molecule is Cc1ccc(/C=C/c2nc3s/c(=C/c4ccc(C)cc4)c(=O)n3n2)cc1. The minimum Gasteiger partial charge on any atom is -0.266 e. The normalized spacial score (nSPS) is 12.5. The number of rotatable bonds is 3. The lowest BCUT2D eigenvalue weighted by Gasteiger charge is -1.93. The van der Waals surface area contributed by atoms with Gasteiger partial charge in [-0.15, -0.1) is 5.10 Å². The second kappa shape index (κ2) is 6.69. The zero-order valence-electron chi connectivity index (χ0n) is 14.5. The topological polar surface area (TPSA) is 47.3 Å². The fraction of sp³-hybridized carbons (Fsp3) is 0.0952. The zero-order valence-corrected chi connectivity index (χ0v) is 15.3. The van der Waals surface area contributed by atoms with Gasteiger partial charge in [-0.25, -0.2) is 0 Å². The van der Waals surface area contributed by atoms with Crippen molar-refractivity contribution in [1.82, 2.24) is 14.6 Å². The number of hydrogen-bond acceptors (Lipinski definition) is 4. The summed E-state index contributed by atoms with van der Waals surface area (Å²) in [5, 5.41) is 4.32. The smallest absolute Gasteiger partial charge is 0.266 e. The molecule has 4 aromatic rings. The minimum absolute atomic E-state index is 0.131. The van der Waals surface area contributed by atoms with Gasteiger partial charge in [0.2, 0.25) is 4.96 Å². The molecule has 4 rings (SSSR count). The number of thiazole rings is 1. The molecule has 0 saturated carbocycles. The van der Waals surface area contributed by atoms with E-state index in [4.69, 9.17) is 0 Å². The van der Waals surface area contributed by atoms with Crippen molar-refractivity contribution in [3.8, 4) is 0 Å². The highest BCUT2D eigenvalue weighted by atomic mass is 32.1. The molecule has 2 aromatic carbocycles. The van der Waals surface area contributed by atoms with Crippen molar-refractivity contribution in [2.75, 3.05) is 0 Å². The predicted octanol–water partition coefficient (Wildman–Crippen LogP) is 3.49. The fourth-order valence-electron chi connectivity index (χ4n) is 2.58. The van der Waals surface area contributed by atoms with Crippen molar-refractivity contribution in [3.05, 3.63) is 91.5 Å². The average molecular weight is 359 g/mol. The number of fused-ring (bicyclic) bond motifs is 1. The molecule has 2 heterocycles.